The number of carbonyl (C=O) groups excluding carboxylic acids is 1. The van der Waals surface area contributed by atoms with Crippen molar-refractivity contribution >= 4 is 40.8 Å². The van der Waals surface area contributed by atoms with E-state index in [9.17, 15) is 10.1 Å². The summed E-state index contributed by atoms with van der Waals surface area (Å²) in [6.07, 6.45) is 6.87. The van der Waals surface area contributed by atoms with Gasteiger partial charge in [-0.1, -0.05) is 41.6 Å². The van der Waals surface area contributed by atoms with Crippen LogP contribution in [-0.2, 0) is 23.0 Å². The van der Waals surface area contributed by atoms with E-state index in [1.54, 1.807) is 4.90 Å². The summed E-state index contributed by atoms with van der Waals surface area (Å²) in [4.78, 5) is 26.8. The Kier molecular flexibility index (Phi) is 7.12. The van der Waals surface area contributed by atoms with E-state index in [1.165, 1.54) is 28.5 Å². The number of halogens is 1. The molecule has 0 radical (unpaired) electrons. The number of hydrogen-bond acceptors (Lipinski definition) is 7. The smallest absolute Gasteiger partial charge is 0.410 e. The maximum atomic E-state index is 12.9. The Morgan fingerprint density at radius 3 is 2.82 bits per heavy atom. The van der Waals surface area contributed by atoms with Crippen LogP contribution in [0.3, 0.4) is 0 Å². The molecule has 2 aromatic rings. The van der Waals surface area contributed by atoms with Crippen LogP contribution in [-0.4, -0.2) is 58.5 Å². The molecule has 2 heterocycles. The minimum absolute atomic E-state index is 0.114. The zero-order chi connectivity index (χ0) is 27.2. The second-order valence-electron chi connectivity index (χ2n) is 11.4. The summed E-state index contributed by atoms with van der Waals surface area (Å²) < 4.78 is 5.64. The summed E-state index contributed by atoms with van der Waals surface area (Å²) in [6, 6.07) is 8.21. The highest BCUT2D eigenvalue weighted by atomic mass is 35.5. The summed E-state index contributed by atoms with van der Waals surface area (Å²) in [5.74, 6) is 0.936. The van der Waals surface area contributed by atoms with Gasteiger partial charge in [0.05, 0.1) is 24.2 Å². The normalized spacial score (nSPS) is 22.6. The van der Waals surface area contributed by atoms with Crippen molar-refractivity contribution in [2.24, 2.45) is 0 Å². The van der Waals surface area contributed by atoms with Crippen molar-refractivity contribution in [1.29, 1.82) is 5.26 Å². The summed E-state index contributed by atoms with van der Waals surface area (Å²) in [7, 11) is 0. The third-order valence-electron chi connectivity index (χ3n) is 7.71. The van der Waals surface area contributed by atoms with E-state index >= 15 is 0 Å². The van der Waals surface area contributed by atoms with E-state index in [0.29, 0.717) is 19.6 Å². The van der Waals surface area contributed by atoms with Crippen LogP contribution < -0.4 is 4.90 Å². The van der Waals surface area contributed by atoms with Crippen LogP contribution in [0.2, 0.25) is 5.02 Å². The molecular weight excluding hydrogens is 518 g/mol. The highest BCUT2D eigenvalue weighted by molar-refractivity contribution is 7.98. The van der Waals surface area contributed by atoms with Crippen molar-refractivity contribution < 1.29 is 9.53 Å². The Labute approximate surface area is 234 Å². The largest absolute Gasteiger partial charge is 0.444 e. The summed E-state index contributed by atoms with van der Waals surface area (Å²) in [6.45, 7) is 9.36. The Morgan fingerprint density at radius 2 is 2.11 bits per heavy atom. The molecule has 7 nitrogen and oxygen atoms in total. The average molecular weight is 552 g/mol. The molecule has 0 N–H and O–H groups in total. The van der Waals surface area contributed by atoms with E-state index in [2.05, 4.69) is 30.0 Å². The van der Waals surface area contributed by atoms with Crippen LogP contribution in [0.4, 0.5) is 10.6 Å². The molecule has 1 amide bonds. The second-order valence-corrected chi connectivity index (χ2v) is 12.6. The predicted molar refractivity (Wildman–Crippen MR) is 152 cm³/mol. The number of ether oxygens (including phenoxy) is 1. The summed E-state index contributed by atoms with van der Waals surface area (Å²) >= 11 is 8.15. The van der Waals surface area contributed by atoms with Crippen LogP contribution in [0.15, 0.2) is 29.4 Å². The van der Waals surface area contributed by atoms with Crippen molar-refractivity contribution in [3.63, 3.8) is 0 Å². The summed E-state index contributed by atoms with van der Waals surface area (Å²) in [5.41, 5.74) is 5.23. The third-order valence-corrected chi connectivity index (χ3v) is 8.57. The fourth-order valence-electron chi connectivity index (χ4n) is 6.13. The van der Waals surface area contributed by atoms with Crippen molar-refractivity contribution in [3.05, 3.63) is 51.7 Å². The third kappa shape index (κ3) is 4.87. The topological polar surface area (TPSA) is 82.4 Å². The molecule has 1 saturated heterocycles. The lowest BCUT2D eigenvalue weighted by molar-refractivity contribution is 0.0144. The molecule has 0 unspecified atom stereocenters. The zero-order valence-electron chi connectivity index (χ0n) is 22.7. The SMILES string of the molecule is CSc1nc2c(c(N3CCN(C(=O)OC(C)(C)C)[C@@H](CC#N)C3)n1)CC[C@@]1(C=C(C)c3c(Cl)cccc31)C2. The first-order valence-corrected chi connectivity index (χ1v) is 14.7. The van der Waals surface area contributed by atoms with Crippen molar-refractivity contribution in [3.8, 4) is 6.07 Å². The lowest BCUT2D eigenvalue weighted by Crippen LogP contribution is -2.56. The molecule has 1 aromatic carbocycles. The average Bonchev–Trinajstić information content (AvgIpc) is 3.13. The van der Waals surface area contributed by atoms with Gasteiger partial charge in [0.25, 0.3) is 0 Å². The van der Waals surface area contributed by atoms with E-state index in [-0.39, 0.29) is 24.0 Å². The Balaban J connectivity index is 1.47. The van der Waals surface area contributed by atoms with Gasteiger partial charge in [0.2, 0.25) is 0 Å². The number of hydrogen-bond donors (Lipinski definition) is 0. The van der Waals surface area contributed by atoms with Crippen LogP contribution in [0.25, 0.3) is 5.57 Å². The molecule has 1 aliphatic heterocycles. The van der Waals surface area contributed by atoms with Gasteiger partial charge in [-0.05, 0) is 69.6 Å². The number of rotatable bonds is 3. The van der Waals surface area contributed by atoms with Gasteiger partial charge < -0.3 is 14.5 Å². The first kappa shape index (κ1) is 26.8. The molecule has 0 saturated carbocycles. The number of nitriles is 1. The molecule has 2 atom stereocenters. The molecule has 9 heteroatoms. The lowest BCUT2D eigenvalue weighted by Gasteiger charge is -2.43. The molecule has 3 aliphatic rings. The van der Waals surface area contributed by atoms with Crippen LogP contribution >= 0.6 is 23.4 Å². The van der Waals surface area contributed by atoms with Gasteiger partial charge in [-0.15, -0.1) is 0 Å². The predicted octanol–water partition coefficient (Wildman–Crippen LogP) is 6.03. The van der Waals surface area contributed by atoms with E-state index < -0.39 is 5.60 Å². The zero-order valence-corrected chi connectivity index (χ0v) is 24.2. The number of fused-ring (bicyclic) bond motifs is 3. The monoisotopic (exact) mass is 551 g/mol. The molecule has 38 heavy (non-hydrogen) atoms. The number of benzene rings is 1. The second kappa shape index (κ2) is 10.1. The number of piperazine rings is 1. The number of anilines is 1. The highest BCUT2D eigenvalue weighted by Crippen LogP contribution is 2.50. The fourth-order valence-corrected chi connectivity index (χ4v) is 6.83. The van der Waals surface area contributed by atoms with E-state index in [4.69, 9.17) is 26.3 Å². The minimum atomic E-state index is -0.587. The maximum Gasteiger partial charge on any atom is 0.410 e. The molecule has 0 bridgehead atoms. The van der Waals surface area contributed by atoms with Gasteiger partial charge in [0.1, 0.15) is 11.4 Å². The van der Waals surface area contributed by atoms with Gasteiger partial charge >= 0.3 is 6.09 Å². The first-order valence-electron chi connectivity index (χ1n) is 13.1. The molecule has 1 spiro atoms. The fraction of sp³-hybridized carbons (Fsp3) is 0.517. The molecule has 1 aromatic heterocycles. The number of carbonyl (C=O) groups is 1. The van der Waals surface area contributed by atoms with Crippen LogP contribution in [0.5, 0.6) is 0 Å². The van der Waals surface area contributed by atoms with Crippen LogP contribution in [0.1, 0.15) is 62.9 Å². The van der Waals surface area contributed by atoms with Gasteiger partial charge in [0.15, 0.2) is 5.16 Å². The number of amides is 1. The molecular formula is C29H34ClN5O2S. The van der Waals surface area contributed by atoms with Gasteiger partial charge in [-0.2, -0.15) is 5.26 Å². The van der Waals surface area contributed by atoms with Crippen molar-refractivity contribution in [1.82, 2.24) is 14.9 Å². The molecule has 5 rings (SSSR count). The molecule has 200 valence electrons. The van der Waals surface area contributed by atoms with Crippen LogP contribution in [0, 0.1) is 11.3 Å². The molecule has 2 aliphatic carbocycles. The van der Waals surface area contributed by atoms with Crippen molar-refractivity contribution in [2.45, 2.75) is 75.6 Å². The molecule has 1 fully saturated rings. The minimum Gasteiger partial charge on any atom is -0.444 e. The lowest BCUT2D eigenvalue weighted by atomic mass is 9.70. The standard InChI is InChI=1S/C29H34ClN5O2S/c1-18-15-29(21-7-6-8-22(30)24(18)21)11-9-20-23(16-29)32-26(38-5)33-25(20)34-13-14-35(19(17-34)10-12-31)27(36)37-28(2,3)4/h6-8,15,19H,9-11,13-14,16-17H2,1-5H3/t19-,29+/m0/s1. The summed E-state index contributed by atoms with van der Waals surface area (Å²) in [5, 5.41) is 11.1. The maximum absolute atomic E-state index is 12.9. The number of thioether (sulfide) groups is 1. The first-order chi connectivity index (χ1) is 18.0. The van der Waals surface area contributed by atoms with Crippen molar-refractivity contribution in [2.75, 3.05) is 30.8 Å². The number of nitrogens with zero attached hydrogens (tertiary/aromatic N) is 5. The van der Waals surface area contributed by atoms with Gasteiger partial charge in [-0.25, -0.2) is 14.8 Å². The van der Waals surface area contributed by atoms with E-state index in [1.807, 2.05) is 39.2 Å². The van der Waals surface area contributed by atoms with E-state index in [0.717, 1.165) is 46.5 Å². The number of aromatic nitrogens is 2. The van der Waals surface area contributed by atoms with Gasteiger partial charge in [0, 0.05) is 42.1 Å². The quantitative estimate of drug-likeness (QED) is 0.340. The Morgan fingerprint density at radius 1 is 1.32 bits per heavy atom. The number of allylic oxidation sites excluding steroid dienone is 2. The Bertz CT molecular complexity index is 1350. The highest BCUT2D eigenvalue weighted by Gasteiger charge is 2.43. The Hall–Kier alpha value is -2.76. The van der Waals surface area contributed by atoms with Gasteiger partial charge in [-0.3, -0.25) is 0 Å².